The van der Waals surface area contributed by atoms with Crippen molar-refractivity contribution in [1.82, 2.24) is 0 Å². The van der Waals surface area contributed by atoms with Crippen LogP contribution in [0.4, 0.5) is 0 Å². The molecule has 0 aromatic carbocycles. The van der Waals surface area contributed by atoms with Gasteiger partial charge in [-0.3, -0.25) is 0 Å². The number of rotatable bonds is 0. The molecule has 4 heteroatoms. The zero-order chi connectivity index (χ0) is 9.36. The number of thioether (sulfide) groups is 1. The van der Waals surface area contributed by atoms with E-state index in [1.807, 2.05) is 0 Å². The van der Waals surface area contributed by atoms with Gasteiger partial charge in [0.1, 0.15) is 0 Å². The lowest BCUT2D eigenvalue weighted by molar-refractivity contribution is -0.199. The Morgan fingerprint density at radius 1 is 1.15 bits per heavy atom. The Balaban J connectivity index is 0.000000132. The van der Waals surface area contributed by atoms with E-state index in [0.717, 1.165) is 13.0 Å². The van der Waals surface area contributed by atoms with Crippen LogP contribution in [0.3, 0.4) is 0 Å². The Hall–Kier alpha value is 0.620. The van der Waals surface area contributed by atoms with Crippen molar-refractivity contribution in [1.29, 1.82) is 0 Å². The Kier molecular flexibility index (Phi) is 7.17. The summed E-state index contributed by atoms with van der Waals surface area (Å²) >= 11 is 3.49. The van der Waals surface area contributed by atoms with Gasteiger partial charge >= 0.3 is 0 Å². The fourth-order valence-electron chi connectivity index (χ4n) is 1.08. The van der Waals surface area contributed by atoms with Gasteiger partial charge in [-0.25, -0.2) is 4.89 Å². The largest absolute Gasteiger partial charge is 0.224 e. The van der Waals surface area contributed by atoms with Gasteiger partial charge in [0.15, 0.2) is 0 Å². The van der Waals surface area contributed by atoms with Crippen LogP contribution in [-0.2, 0) is 9.22 Å². The van der Waals surface area contributed by atoms with E-state index in [9.17, 15) is 0 Å². The van der Waals surface area contributed by atoms with Gasteiger partial charge in [-0.15, -0.1) is 0 Å². The molecule has 2 saturated heterocycles. The molecule has 0 aliphatic carbocycles. The molecule has 0 spiro atoms. The lowest BCUT2D eigenvalue weighted by Gasteiger charge is -2.13. The van der Waals surface area contributed by atoms with Crippen LogP contribution in [0.25, 0.3) is 0 Å². The van der Waals surface area contributed by atoms with Gasteiger partial charge in [0.25, 0.3) is 0 Å². The van der Waals surface area contributed by atoms with Crippen LogP contribution >= 0.6 is 23.8 Å². The van der Waals surface area contributed by atoms with E-state index in [2.05, 4.69) is 27.9 Å². The molecule has 0 amide bonds. The van der Waals surface area contributed by atoms with Crippen molar-refractivity contribution < 1.29 is 9.22 Å². The van der Waals surface area contributed by atoms with Crippen molar-refractivity contribution >= 4 is 23.8 Å². The van der Waals surface area contributed by atoms with Gasteiger partial charge in [-0.1, -0.05) is 13.3 Å². The summed E-state index contributed by atoms with van der Waals surface area (Å²) in [6.07, 6.45) is 5.51. The van der Waals surface area contributed by atoms with Crippen LogP contribution in [0, 0.1) is 0 Å². The first-order valence-electron chi connectivity index (χ1n) is 4.92. The van der Waals surface area contributed by atoms with E-state index in [4.69, 9.17) is 0 Å². The summed E-state index contributed by atoms with van der Waals surface area (Å²) in [5, 5.41) is 0.605. The summed E-state index contributed by atoms with van der Waals surface area (Å²) in [5.41, 5.74) is 0. The molecule has 2 aliphatic heterocycles. The summed E-state index contributed by atoms with van der Waals surface area (Å²) in [4.78, 5) is 4.60. The second kappa shape index (κ2) is 7.97. The van der Waals surface area contributed by atoms with Crippen LogP contribution in [0.15, 0.2) is 0 Å². The highest BCUT2D eigenvalue weighted by Crippen LogP contribution is 2.20. The number of hydrogen-bond acceptors (Lipinski definition) is 4. The second-order valence-corrected chi connectivity index (χ2v) is 5.62. The summed E-state index contributed by atoms with van der Waals surface area (Å²) in [6, 6.07) is 0. The highest BCUT2D eigenvalue weighted by molar-refractivity contribution is 7.99. The van der Waals surface area contributed by atoms with Crippen LogP contribution in [0.2, 0.25) is 0 Å². The van der Waals surface area contributed by atoms with Gasteiger partial charge < -0.3 is 0 Å². The Morgan fingerprint density at radius 2 is 1.92 bits per heavy atom. The maximum Gasteiger partial charge on any atom is 0.0846 e. The van der Waals surface area contributed by atoms with Gasteiger partial charge in [0.05, 0.1) is 6.61 Å². The molecular formula is C9H18O2S2. The van der Waals surface area contributed by atoms with E-state index in [1.165, 1.54) is 42.8 Å². The average molecular weight is 222 g/mol. The molecule has 1 unspecified atom stereocenters. The summed E-state index contributed by atoms with van der Waals surface area (Å²) in [7, 11) is 0. The molecule has 2 aliphatic rings. The fourth-order valence-corrected chi connectivity index (χ4v) is 2.55. The summed E-state index contributed by atoms with van der Waals surface area (Å²) in [6.45, 7) is 2.86. The Bertz CT molecular complexity index is 101. The zero-order valence-corrected chi connectivity index (χ0v) is 9.79. The maximum absolute atomic E-state index is 4.60. The van der Waals surface area contributed by atoms with E-state index in [1.54, 1.807) is 0 Å². The highest BCUT2D eigenvalue weighted by Gasteiger charge is 2.09. The fraction of sp³-hybridized carbons (Fsp3) is 1.00. The van der Waals surface area contributed by atoms with Crippen molar-refractivity contribution in [2.75, 3.05) is 18.1 Å². The SMILES string of the molecule is C1CCSCC1.CC1CCOOS1. The summed E-state index contributed by atoms with van der Waals surface area (Å²) < 4.78 is 4.60. The molecule has 2 rings (SSSR count). The molecule has 0 radical (unpaired) electrons. The molecule has 13 heavy (non-hydrogen) atoms. The Morgan fingerprint density at radius 3 is 2.15 bits per heavy atom. The topological polar surface area (TPSA) is 18.5 Å². The zero-order valence-electron chi connectivity index (χ0n) is 8.16. The van der Waals surface area contributed by atoms with Crippen LogP contribution in [0.5, 0.6) is 0 Å². The molecule has 0 saturated carbocycles. The molecule has 0 bridgehead atoms. The molecule has 2 nitrogen and oxygen atoms in total. The van der Waals surface area contributed by atoms with Crippen molar-refractivity contribution in [3.8, 4) is 0 Å². The molecule has 78 valence electrons. The summed E-state index contributed by atoms with van der Waals surface area (Å²) in [5.74, 6) is 2.83. The van der Waals surface area contributed by atoms with Gasteiger partial charge in [0, 0.05) is 17.3 Å². The Labute approximate surface area is 89.3 Å². The molecule has 2 fully saturated rings. The van der Waals surface area contributed by atoms with Crippen molar-refractivity contribution in [3.05, 3.63) is 0 Å². The minimum absolute atomic E-state index is 0.605. The normalized spacial score (nSPS) is 28.8. The molecule has 0 N–H and O–H groups in total. The highest BCUT2D eigenvalue weighted by atomic mass is 32.2. The van der Waals surface area contributed by atoms with E-state index in [-0.39, 0.29) is 0 Å². The van der Waals surface area contributed by atoms with Crippen molar-refractivity contribution in [3.63, 3.8) is 0 Å². The first kappa shape index (κ1) is 11.7. The smallest absolute Gasteiger partial charge is 0.0846 e. The van der Waals surface area contributed by atoms with Crippen LogP contribution < -0.4 is 0 Å². The molecule has 0 aromatic heterocycles. The van der Waals surface area contributed by atoms with Crippen LogP contribution in [-0.4, -0.2) is 23.4 Å². The first-order valence-corrected chi connectivity index (χ1v) is 6.88. The third-order valence-corrected chi connectivity index (χ3v) is 3.83. The molecule has 2 heterocycles. The van der Waals surface area contributed by atoms with Gasteiger partial charge in [0.2, 0.25) is 0 Å². The quantitative estimate of drug-likeness (QED) is 0.462. The van der Waals surface area contributed by atoms with Crippen LogP contribution in [0.1, 0.15) is 32.6 Å². The molecular weight excluding hydrogens is 204 g/mol. The predicted octanol–water partition coefficient (Wildman–Crippen LogP) is 3.28. The second-order valence-electron chi connectivity index (χ2n) is 3.26. The minimum Gasteiger partial charge on any atom is -0.224 e. The monoisotopic (exact) mass is 222 g/mol. The predicted molar refractivity (Wildman–Crippen MR) is 59.9 cm³/mol. The third kappa shape index (κ3) is 6.66. The van der Waals surface area contributed by atoms with Crippen molar-refractivity contribution in [2.24, 2.45) is 0 Å². The van der Waals surface area contributed by atoms with E-state index in [0.29, 0.717) is 5.25 Å². The van der Waals surface area contributed by atoms with E-state index >= 15 is 0 Å². The average Bonchev–Trinajstić information content (AvgIpc) is 2.22. The van der Waals surface area contributed by atoms with Crippen molar-refractivity contribution in [2.45, 2.75) is 37.9 Å². The number of hydrogen-bond donors (Lipinski definition) is 0. The van der Waals surface area contributed by atoms with Gasteiger partial charge in [-0.05, 0) is 30.8 Å². The molecule has 1 atom stereocenters. The first-order chi connectivity index (χ1) is 6.39. The molecule has 0 aromatic rings. The lowest BCUT2D eigenvalue weighted by atomic mass is 10.3. The lowest BCUT2D eigenvalue weighted by Crippen LogP contribution is -2.09. The van der Waals surface area contributed by atoms with E-state index < -0.39 is 0 Å². The third-order valence-electron chi connectivity index (χ3n) is 1.94. The maximum atomic E-state index is 4.60. The standard InChI is InChI=1S/C5H10S.C4H8O2S/c1-2-4-6-5-3-1;1-4-2-3-5-6-7-4/h1-5H2;4H,2-3H2,1H3. The minimum atomic E-state index is 0.605. The van der Waals surface area contributed by atoms with Gasteiger partial charge in [-0.2, -0.15) is 16.1 Å².